The SMILES string of the molecule is COc1c(F)cc(F)cc1-c1ccc(C(=O)O)c(Cl)n1. The Morgan fingerprint density at radius 2 is 2.05 bits per heavy atom. The standard InChI is InChI=1S/C13H8ClF2NO3/c1-20-11-8(4-6(15)5-9(11)16)10-3-2-7(13(18)19)12(14)17-10/h2-5H,1H3,(H,18,19). The smallest absolute Gasteiger partial charge is 0.338 e. The molecule has 0 amide bonds. The maximum Gasteiger partial charge on any atom is 0.338 e. The Kier molecular flexibility index (Phi) is 3.85. The zero-order chi connectivity index (χ0) is 14.9. The van der Waals surface area contributed by atoms with Gasteiger partial charge in [-0.15, -0.1) is 0 Å². The van der Waals surface area contributed by atoms with E-state index in [2.05, 4.69) is 4.98 Å². The van der Waals surface area contributed by atoms with Crippen molar-refractivity contribution in [1.82, 2.24) is 4.98 Å². The van der Waals surface area contributed by atoms with Gasteiger partial charge in [-0.2, -0.15) is 0 Å². The van der Waals surface area contributed by atoms with Crippen LogP contribution in [0.25, 0.3) is 11.3 Å². The molecule has 1 aromatic heterocycles. The lowest BCUT2D eigenvalue weighted by Gasteiger charge is -2.10. The third-order valence-electron chi connectivity index (χ3n) is 2.57. The summed E-state index contributed by atoms with van der Waals surface area (Å²) in [6.45, 7) is 0. The quantitative estimate of drug-likeness (QED) is 0.883. The van der Waals surface area contributed by atoms with E-state index in [1.165, 1.54) is 19.2 Å². The van der Waals surface area contributed by atoms with E-state index in [-0.39, 0.29) is 27.7 Å². The molecule has 0 aliphatic rings. The Balaban J connectivity index is 2.63. The first-order valence-corrected chi connectivity index (χ1v) is 5.75. The minimum absolute atomic E-state index is 0.0452. The van der Waals surface area contributed by atoms with Gasteiger partial charge < -0.3 is 9.84 Å². The number of halogens is 3. The second-order valence-corrected chi connectivity index (χ2v) is 4.17. The lowest BCUT2D eigenvalue weighted by molar-refractivity contribution is 0.0696. The number of hydrogen-bond acceptors (Lipinski definition) is 3. The molecular weight excluding hydrogens is 292 g/mol. The van der Waals surface area contributed by atoms with Gasteiger partial charge in [0, 0.05) is 11.6 Å². The number of benzene rings is 1. The average molecular weight is 300 g/mol. The Bertz CT molecular complexity index is 692. The minimum Gasteiger partial charge on any atom is -0.493 e. The highest BCUT2D eigenvalue weighted by molar-refractivity contribution is 6.32. The van der Waals surface area contributed by atoms with Crippen LogP contribution in [0.3, 0.4) is 0 Å². The fourth-order valence-electron chi connectivity index (χ4n) is 1.70. The van der Waals surface area contributed by atoms with Gasteiger partial charge in [0.1, 0.15) is 11.0 Å². The van der Waals surface area contributed by atoms with Crippen molar-refractivity contribution >= 4 is 17.6 Å². The van der Waals surface area contributed by atoms with Gasteiger partial charge in [-0.05, 0) is 18.2 Å². The molecule has 20 heavy (non-hydrogen) atoms. The number of nitrogens with zero attached hydrogens (tertiary/aromatic N) is 1. The van der Waals surface area contributed by atoms with Gasteiger partial charge in [0.05, 0.1) is 18.4 Å². The molecule has 7 heteroatoms. The lowest BCUT2D eigenvalue weighted by atomic mass is 10.1. The molecule has 0 aliphatic carbocycles. The summed E-state index contributed by atoms with van der Waals surface area (Å²) in [7, 11) is 1.23. The van der Waals surface area contributed by atoms with E-state index >= 15 is 0 Å². The highest BCUT2D eigenvalue weighted by Gasteiger charge is 2.17. The molecule has 2 rings (SSSR count). The molecule has 2 aromatic rings. The molecule has 0 saturated carbocycles. The summed E-state index contributed by atoms with van der Waals surface area (Å²) < 4.78 is 31.7. The predicted molar refractivity (Wildman–Crippen MR) is 68.1 cm³/mol. The van der Waals surface area contributed by atoms with Crippen LogP contribution in [0.5, 0.6) is 5.75 Å². The van der Waals surface area contributed by atoms with Gasteiger partial charge in [0.2, 0.25) is 0 Å². The molecule has 0 fully saturated rings. The van der Waals surface area contributed by atoms with Gasteiger partial charge in [-0.1, -0.05) is 11.6 Å². The zero-order valence-electron chi connectivity index (χ0n) is 10.2. The number of aromatic nitrogens is 1. The Labute approximate surface area is 117 Å². The van der Waals surface area contributed by atoms with Crippen molar-refractivity contribution < 1.29 is 23.4 Å². The summed E-state index contributed by atoms with van der Waals surface area (Å²) in [5, 5.41) is 8.57. The zero-order valence-corrected chi connectivity index (χ0v) is 10.9. The maximum atomic E-state index is 13.6. The van der Waals surface area contributed by atoms with Gasteiger partial charge in [-0.25, -0.2) is 18.6 Å². The van der Waals surface area contributed by atoms with Crippen molar-refractivity contribution in [2.24, 2.45) is 0 Å². The van der Waals surface area contributed by atoms with Gasteiger partial charge in [0.25, 0.3) is 0 Å². The number of aromatic carboxylic acids is 1. The minimum atomic E-state index is -1.24. The van der Waals surface area contributed by atoms with E-state index in [9.17, 15) is 13.6 Å². The summed E-state index contributed by atoms with van der Waals surface area (Å²) in [6.07, 6.45) is 0. The van der Waals surface area contributed by atoms with E-state index in [1.54, 1.807) is 0 Å². The van der Waals surface area contributed by atoms with E-state index in [4.69, 9.17) is 21.4 Å². The number of carboxylic acid groups (broad SMARTS) is 1. The average Bonchev–Trinajstić information content (AvgIpc) is 2.37. The Hall–Kier alpha value is -2.21. The molecule has 0 bridgehead atoms. The van der Waals surface area contributed by atoms with Gasteiger partial charge in [-0.3, -0.25) is 0 Å². The van der Waals surface area contributed by atoms with E-state index in [1.807, 2.05) is 0 Å². The maximum absolute atomic E-state index is 13.6. The largest absolute Gasteiger partial charge is 0.493 e. The fourth-order valence-corrected chi connectivity index (χ4v) is 1.94. The van der Waals surface area contributed by atoms with E-state index in [0.29, 0.717) is 6.07 Å². The molecule has 1 aromatic carbocycles. The molecule has 1 heterocycles. The first-order chi connectivity index (χ1) is 9.43. The van der Waals surface area contributed by atoms with Crippen molar-refractivity contribution in [3.63, 3.8) is 0 Å². The Morgan fingerprint density at radius 3 is 2.60 bits per heavy atom. The number of ether oxygens (including phenoxy) is 1. The molecular formula is C13H8ClF2NO3. The molecule has 0 aliphatic heterocycles. The number of rotatable bonds is 3. The first kappa shape index (κ1) is 14.2. The van der Waals surface area contributed by atoms with Crippen molar-refractivity contribution in [3.8, 4) is 17.0 Å². The van der Waals surface area contributed by atoms with Crippen molar-refractivity contribution in [3.05, 3.63) is 46.6 Å². The lowest BCUT2D eigenvalue weighted by Crippen LogP contribution is -2.01. The van der Waals surface area contributed by atoms with Crippen LogP contribution in [0.4, 0.5) is 8.78 Å². The fraction of sp³-hybridized carbons (Fsp3) is 0.0769. The third-order valence-corrected chi connectivity index (χ3v) is 2.86. The van der Waals surface area contributed by atoms with Crippen molar-refractivity contribution in [2.75, 3.05) is 7.11 Å². The number of pyridine rings is 1. The van der Waals surface area contributed by atoms with Crippen LogP contribution < -0.4 is 4.74 Å². The number of hydrogen-bond donors (Lipinski definition) is 1. The predicted octanol–water partition coefficient (Wildman–Crippen LogP) is 3.39. The molecule has 1 N–H and O–H groups in total. The number of methoxy groups -OCH3 is 1. The molecule has 4 nitrogen and oxygen atoms in total. The molecule has 0 spiro atoms. The van der Waals surface area contributed by atoms with E-state index in [0.717, 1.165) is 6.07 Å². The summed E-state index contributed by atoms with van der Waals surface area (Å²) in [5.41, 5.74) is -0.0506. The summed E-state index contributed by atoms with van der Waals surface area (Å²) in [5.74, 6) is -3.13. The van der Waals surface area contributed by atoms with E-state index < -0.39 is 17.6 Å². The van der Waals surface area contributed by atoms with Crippen LogP contribution >= 0.6 is 11.6 Å². The number of carbonyl (C=O) groups is 1. The van der Waals surface area contributed by atoms with Crippen LogP contribution in [0.1, 0.15) is 10.4 Å². The Morgan fingerprint density at radius 1 is 1.35 bits per heavy atom. The summed E-state index contributed by atoms with van der Waals surface area (Å²) in [4.78, 5) is 14.7. The highest BCUT2D eigenvalue weighted by atomic mass is 35.5. The molecule has 0 unspecified atom stereocenters. The van der Waals surface area contributed by atoms with Gasteiger partial charge in [0.15, 0.2) is 11.6 Å². The van der Waals surface area contributed by atoms with Crippen molar-refractivity contribution in [1.29, 1.82) is 0 Å². The van der Waals surface area contributed by atoms with Gasteiger partial charge >= 0.3 is 5.97 Å². The van der Waals surface area contributed by atoms with Crippen LogP contribution in [0.15, 0.2) is 24.3 Å². The van der Waals surface area contributed by atoms with Crippen LogP contribution in [-0.2, 0) is 0 Å². The topological polar surface area (TPSA) is 59.4 Å². The summed E-state index contributed by atoms with van der Waals surface area (Å²) >= 11 is 5.73. The van der Waals surface area contributed by atoms with Crippen LogP contribution in [0, 0.1) is 11.6 Å². The normalized spacial score (nSPS) is 10.4. The summed E-state index contributed by atoms with van der Waals surface area (Å²) in [6, 6.07) is 4.21. The second kappa shape index (κ2) is 5.42. The number of carboxylic acids is 1. The van der Waals surface area contributed by atoms with Crippen LogP contribution in [-0.4, -0.2) is 23.2 Å². The second-order valence-electron chi connectivity index (χ2n) is 3.81. The molecule has 0 atom stereocenters. The monoisotopic (exact) mass is 299 g/mol. The first-order valence-electron chi connectivity index (χ1n) is 5.37. The third kappa shape index (κ3) is 2.55. The molecule has 0 radical (unpaired) electrons. The van der Waals surface area contributed by atoms with Crippen molar-refractivity contribution in [2.45, 2.75) is 0 Å². The molecule has 104 valence electrons. The van der Waals surface area contributed by atoms with Crippen LogP contribution in [0.2, 0.25) is 5.15 Å². The highest BCUT2D eigenvalue weighted by Crippen LogP contribution is 2.33. The molecule has 0 saturated heterocycles.